The number of nitrogens with zero attached hydrogens (tertiary/aromatic N) is 2. The SMILES string of the molecule is NC(=O)c1oc2c(F)cc(F)cc2c1NC(=O)c1ccc(CN2CCN(C3CCCCCC3)CC2)o1. The largest absolute Gasteiger partial charge is 0.455 e. The predicted octanol–water partition coefficient (Wildman–Crippen LogP) is 4.50. The number of primary amides is 1. The van der Waals surface area contributed by atoms with Crippen LogP contribution in [0.4, 0.5) is 14.5 Å². The van der Waals surface area contributed by atoms with Crippen LogP contribution in [-0.4, -0.2) is 53.8 Å². The topological polar surface area (TPSA) is 105 Å². The minimum Gasteiger partial charge on any atom is -0.455 e. The van der Waals surface area contributed by atoms with E-state index in [0.717, 1.165) is 32.2 Å². The molecule has 2 amide bonds. The van der Waals surface area contributed by atoms with Crippen LogP contribution in [-0.2, 0) is 6.54 Å². The van der Waals surface area contributed by atoms with Crippen LogP contribution in [0.1, 0.15) is 65.4 Å². The highest BCUT2D eigenvalue weighted by Crippen LogP contribution is 2.33. The molecule has 2 fully saturated rings. The summed E-state index contributed by atoms with van der Waals surface area (Å²) in [4.78, 5) is 29.6. The molecule has 0 radical (unpaired) electrons. The fourth-order valence-corrected chi connectivity index (χ4v) is 5.31. The van der Waals surface area contributed by atoms with Crippen LogP contribution < -0.4 is 11.1 Å². The number of hydrogen-bond donors (Lipinski definition) is 2. The molecule has 1 saturated heterocycles. The number of piperazine rings is 1. The average Bonchev–Trinajstić information content (AvgIpc) is 3.35. The molecular weight excluding hydrogens is 470 g/mol. The van der Waals surface area contributed by atoms with Gasteiger partial charge in [-0.15, -0.1) is 0 Å². The van der Waals surface area contributed by atoms with E-state index in [4.69, 9.17) is 14.6 Å². The number of amides is 2. The highest BCUT2D eigenvalue weighted by molar-refractivity contribution is 6.13. The normalized spacial score (nSPS) is 18.4. The molecule has 36 heavy (non-hydrogen) atoms. The van der Waals surface area contributed by atoms with E-state index < -0.39 is 29.2 Å². The fourth-order valence-electron chi connectivity index (χ4n) is 5.31. The van der Waals surface area contributed by atoms with Crippen molar-refractivity contribution in [2.45, 2.75) is 51.1 Å². The number of carbonyl (C=O) groups is 2. The summed E-state index contributed by atoms with van der Waals surface area (Å²) in [6, 6.07) is 5.54. The summed E-state index contributed by atoms with van der Waals surface area (Å²) in [5.74, 6) is -3.44. The zero-order valence-electron chi connectivity index (χ0n) is 20.0. The zero-order valence-corrected chi connectivity index (χ0v) is 20.0. The molecule has 1 aliphatic heterocycles. The van der Waals surface area contributed by atoms with E-state index in [1.54, 1.807) is 6.07 Å². The molecule has 8 nitrogen and oxygen atoms in total. The average molecular weight is 501 g/mol. The van der Waals surface area contributed by atoms with Crippen LogP contribution in [0.3, 0.4) is 0 Å². The van der Waals surface area contributed by atoms with Gasteiger partial charge in [-0.25, -0.2) is 8.78 Å². The number of fused-ring (bicyclic) bond motifs is 1. The van der Waals surface area contributed by atoms with Crippen molar-refractivity contribution in [2.24, 2.45) is 5.73 Å². The molecule has 2 aliphatic rings. The lowest BCUT2D eigenvalue weighted by atomic mass is 10.1. The van der Waals surface area contributed by atoms with Crippen molar-refractivity contribution in [3.63, 3.8) is 0 Å². The molecule has 10 heteroatoms. The predicted molar refractivity (Wildman–Crippen MR) is 130 cm³/mol. The molecule has 0 bridgehead atoms. The summed E-state index contributed by atoms with van der Waals surface area (Å²) in [5.41, 5.74) is 4.75. The van der Waals surface area contributed by atoms with Crippen molar-refractivity contribution in [2.75, 3.05) is 31.5 Å². The van der Waals surface area contributed by atoms with Crippen LogP contribution in [0.2, 0.25) is 0 Å². The molecule has 0 unspecified atom stereocenters. The Kier molecular flexibility index (Phi) is 7.06. The molecule has 0 atom stereocenters. The van der Waals surface area contributed by atoms with Gasteiger partial charge in [0.25, 0.3) is 11.8 Å². The number of halogens is 2. The van der Waals surface area contributed by atoms with Crippen molar-refractivity contribution >= 4 is 28.5 Å². The lowest BCUT2D eigenvalue weighted by molar-refractivity contribution is 0.0805. The second kappa shape index (κ2) is 10.4. The van der Waals surface area contributed by atoms with Crippen LogP contribution in [0, 0.1) is 11.6 Å². The number of hydrogen-bond acceptors (Lipinski definition) is 6. The molecule has 3 aromatic rings. The van der Waals surface area contributed by atoms with Gasteiger partial charge >= 0.3 is 0 Å². The third kappa shape index (κ3) is 5.15. The van der Waals surface area contributed by atoms with Gasteiger partial charge in [0.05, 0.1) is 11.9 Å². The van der Waals surface area contributed by atoms with Crippen LogP contribution in [0.5, 0.6) is 0 Å². The first-order chi connectivity index (χ1) is 17.4. The van der Waals surface area contributed by atoms with Gasteiger partial charge in [0.1, 0.15) is 17.3 Å². The number of benzene rings is 1. The third-order valence-corrected chi connectivity index (χ3v) is 7.18. The van der Waals surface area contributed by atoms with Gasteiger partial charge in [-0.05, 0) is 31.0 Å². The van der Waals surface area contributed by atoms with Gasteiger partial charge in [0.15, 0.2) is 17.2 Å². The monoisotopic (exact) mass is 500 g/mol. The smallest absolute Gasteiger partial charge is 0.291 e. The maximum atomic E-state index is 14.1. The quantitative estimate of drug-likeness (QED) is 0.483. The number of furan rings is 2. The summed E-state index contributed by atoms with van der Waals surface area (Å²) in [6.45, 7) is 4.48. The molecule has 1 saturated carbocycles. The van der Waals surface area contributed by atoms with E-state index in [-0.39, 0.29) is 22.4 Å². The molecule has 5 rings (SSSR count). The Balaban J connectivity index is 1.23. The van der Waals surface area contributed by atoms with E-state index in [1.807, 2.05) is 0 Å². The summed E-state index contributed by atoms with van der Waals surface area (Å²) < 4.78 is 38.8. The highest BCUT2D eigenvalue weighted by Gasteiger charge is 2.27. The van der Waals surface area contributed by atoms with Crippen LogP contribution in [0.15, 0.2) is 33.1 Å². The lowest BCUT2D eigenvalue weighted by Crippen LogP contribution is -2.49. The molecule has 1 aromatic carbocycles. The fraction of sp³-hybridized carbons (Fsp3) is 0.462. The van der Waals surface area contributed by atoms with Gasteiger partial charge in [-0.2, -0.15) is 0 Å². The number of rotatable bonds is 6. The van der Waals surface area contributed by atoms with Crippen LogP contribution in [0.25, 0.3) is 11.0 Å². The van der Waals surface area contributed by atoms with Gasteiger partial charge < -0.3 is 19.9 Å². The third-order valence-electron chi connectivity index (χ3n) is 7.18. The second-order valence-electron chi connectivity index (χ2n) is 9.61. The Morgan fingerprint density at radius 1 is 1.00 bits per heavy atom. The number of carbonyl (C=O) groups excluding carboxylic acids is 2. The summed E-state index contributed by atoms with van der Waals surface area (Å²) in [5, 5.41) is 2.37. The summed E-state index contributed by atoms with van der Waals surface area (Å²) >= 11 is 0. The van der Waals surface area contributed by atoms with Gasteiger partial charge in [-0.3, -0.25) is 19.4 Å². The number of nitrogens with one attached hydrogen (secondary N) is 1. The molecule has 1 aliphatic carbocycles. The molecule has 0 spiro atoms. The summed E-state index contributed by atoms with van der Waals surface area (Å²) in [6.07, 6.45) is 7.92. The molecule has 3 heterocycles. The van der Waals surface area contributed by atoms with Crippen molar-refractivity contribution in [1.29, 1.82) is 0 Å². The van der Waals surface area contributed by atoms with Crippen molar-refractivity contribution in [3.8, 4) is 0 Å². The molecule has 192 valence electrons. The first-order valence-electron chi connectivity index (χ1n) is 12.5. The van der Waals surface area contributed by atoms with Gasteiger partial charge in [-0.1, -0.05) is 25.7 Å². The van der Waals surface area contributed by atoms with E-state index in [2.05, 4.69) is 15.1 Å². The Labute approximate surface area is 207 Å². The maximum absolute atomic E-state index is 14.1. The molecule has 3 N–H and O–H groups in total. The van der Waals surface area contributed by atoms with Crippen molar-refractivity contribution < 1.29 is 27.2 Å². The standard InChI is InChI=1S/C26H30F2N4O4/c27-16-13-19-22(24(25(29)33)36-23(19)20(28)14-16)30-26(34)21-8-7-18(35-21)15-31-9-11-32(12-10-31)17-5-3-1-2-4-6-17/h7-8,13-14,17H,1-6,9-12,15H2,(H2,29,33)(H,30,34). The Bertz CT molecular complexity index is 1250. The Hall–Kier alpha value is -3.24. The number of nitrogens with two attached hydrogens (primary N) is 1. The van der Waals surface area contributed by atoms with E-state index in [1.165, 1.54) is 44.6 Å². The second-order valence-corrected chi connectivity index (χ2v) is 9.61. The number of anilines is 1. The Morgan fingerprint density at radius 3 is 2.42 bits per heavy atom. The van der Waals surface area contributed by atoms with Crippen LogP contribution >= 0.6 is 0 Å². The first-order valence-corrected chi connectivity index (χ1v) is 12.5. The minimum absolute atomic E-state index is 0.00346. The molecular formula is C26H30F2N4O4. The van der Waals surface area contributed by atoms with Gasteiger partial charge in [0, 0.05) is 38.3 Å². The van der Waals surface area contributed by atoms with Gasteiger partial charge in [0.2, 0.25) is 5.76 Å². The summed E-state index contributed by atoms with van der Waals surface area (Å²) in [7, 11) is 0. The lowest BCUT2D eigenvalue weighted by Gasteiger charge is -2.39. The van der Waals surface area contributed by atoms with E-state index >= 15 is 0 Å². The zero-order chi connectivity index (χ0) is 25.2. The molecule has 2 aromatic heterocycles. The first kappa shape index (κ1) is 24.5. The van der Waals surface area contributed by atoms with E-state index in [0.29, 0.717) is 24.4 Å². The Morgan fingerprint density at radius 2 is 1.72 bits per heavy atom. The highest BCUT2D eigenvalue weighted by atomic mass is 19.1. The minimum atomic E-state index is -1.02. The van der Waals surface area contributed by atoms with Crippen molar-refractivity contribution in [3.05, 3.63) is 53.2 Å². The van der Waals surface area contributed by atoms with E-state index in [9.17, 15) is 18.4 Å². The maximum Gasteiger partial charge on any atom is 0.291 e. The van der Waals surface area contributed by atoms with Crippen molar-refractivity contribution in [1.82, 2.24) is 9.80 Å².